The number of amides is 1. The summed E-state index contributed by atoms with van der Waals surface area (Å²) in [4.78, 5) is 12.8. The first-order valence-electron chi connectivity index (χ1n) is 9.78. The van der Waals surface area contributed by atoms with Crippen LogP contribution in [0.2, 0.25) is 0 Å². The number of halogens is 3. The van der Waals surface area contributed by atoms with Crippen molar-refractivity contribution in [3.63, 3.8) is 0 Å². The van der Waals surface area contributed by atoms with Gasteiger partial charge in [0.2, 0.25) is 0 Å². The maximum absolute atomic E-state index is 13.1. The third kappa shape index (κ3) is 4.08. The van der Waals surface area contributed by atoms with Crippen molar-refractivity contribution < 1.29 is 26.4 Å². The highest BCUT2D eigenvalue weighted by molar-refractivity contribution is 7.92. The van der Waals surface area contributed by atoms with Crippen LogP contribution in [0.3, 0.4) is 0 Å². The van der Waals surface area contributed by atoms with E-state index in [-0.39, 0.29) is 22.2 Å². The molecule has 1 aliphatic heterocycles. The first-order chi connectivity index (χ1) is 15.1. The SMILES string of the molecule is C[C@H]1Cc2cc(C(=O)Nc3cccc(C(F)(F)F)c3)ccc2N1S(=O)(=O)c1ccccc1. The minimum atomic E-state index is -4.52. The number of hydrogen-bond donors (Lipinski definition) is 1. The summed E-state index contributed by atoms with van der Waals surface area (Å²) in [6.07, 6.45) is -4.11. The third-order valence-electron chi connectivity index (χ3n) is 5.24. The predicted molar refractivity (Wildman–Crippen MR) is 115 cm³/mol. The lowest BCUT2D eigenvalue weighted by atomic mass is 10.1. The molecular weight excluding hydrogens is 441 g/mol. The molecule has 0 saturated heterocycles. The third-order valence-corrected chi connectivity index (χ3v) is 7.18. The Balaban J connectivity index is 1.60. The van der Waals surface area contributed by atoms with Crippen molar-refractivity contribution in [1.29, 1.82) is 0 Å². The Morgan fingerprint density at radius 3 is 2.41 bits per heavy atom. The van der Waals surface area contributed by atoms with Crippen LogP contribution in [0.25, 0.3) is 0 Å². The second kappa shape index (κ2) is 7.98. The molecule has 0 unspecified atom stereocenters. The Labute approximate surface area is 183 Å². The molecule has 1 heterocycles. The van der Waals surface area contributed by atoms with Gasteiger partial charge in [-0.1, -0.05) is 24.3 Å². The fourth-order valence-electron chi connectivity index (χ4n) is 3.79. The van der Waals surface area contributed by atoms with Gasteiger partial charge in [0.1, 0.15) is 0 Å². The molecule has 0 fully saturated rings. The quantitative estimate of drug-likeness (QED) is 0.589. The number of carbonyl (C=O) groups is 1. The largest absolute Gasteiger partial charge is 0.416 e. The first kappa shape index (κ1) is 21.9. The second-order valence-electron chi connectivity index (χ2n) is 7.54. The first-order valence-corrected chi connectivity index (χ1v) is 11.2. The summed E-state index contributed by atoms with van der Waals surface area (Å²) in [6, 6.07) is 16.7. The molecule has 0 aromatic heterocycles. The standard InChI is InChI=1S/C23H19F3N2O3S/c1-15-12-17-13-16(22(29)27-19-7-5-6-18(14-19)23(24,25)26)10-11-21(17)28(15)32(30,31)20-8-3-2-4-9-20/h2-11,13-15H,12H2,1H3,(H,27,29)/t15-/m0/s1. The number of hydrogen-bond acceptors (Lipinski definition) is 3. The molecule has 0 radical (unpaired) electrons. The number of anilines is 2. The van der Waals surface area contributed by atoms with Gasteiger partial charge in [0.25, 0.3) is 15.9 Å². The summed E-state index contributed by atoms with van der Waals surface area (Å²) < 4.78 is 66.3. The number of carbonyl (C=O) groups excluding carboxylic acids is 1. The van der Waals surface area contributed by atoms with Crippen molar-refractivity contribution in [2.24, 2.45) is 0 Å². The zero-order chi connectivity index (χ0) is 23.1. The number of nitrogens with one attached hydrogen (secondary N) is 1. The molecule has 1 amide bonds. The lowest BCUT2D eigenvalue weighted by Crippen LogP contribution is -2.35. The molecule has 0 spiro atoms. The normalized spacial score (nSPS) is 16.0. The topological polar surface area (TPSA) is 66.5 Å². The van der Waals surface area contributed by atoms with Crippen molar-refractivity contribution in [3.05, 3.63) is 89.5 Å². The Morgan fingerprint density at radius 1 is 1.00 bits per heavy atom. The molecule has 3 aromatic rings. The van der Waals surface area contributed by atoms with Crippen LogP contribution in [0.4, 0.5) is 24.5 Å². The summed E-state index contributed by atoms with van der Waals surface area (Å²) in [6.45, 7) is 1.78. The van der Waals surface area contributed by atoms with Gasteiger partial charge in [-0.15, -0.1) is 0 Å². The van der Waals surface area contributed by atoms with E-state index in [2.05, 4.69) is 5.32 Å². The van der Waals surface area contributed by atoms with Gasteiger partial charge in [0.05, 0.1) is 16.1 Å². The van der Waals surface area contributed by atoms with E-state index < -0.39 is 27.7 Å². The van der Waals surface area contributed by atoms with E-state index >= 15 is 0 Å². The molecule has 166 valence electrons. The van der Waals surface area contributed by atoms with Crippen molar-refractivity contribution in [2.75, 3.05) is 9.62 Å². The van der Waals surface area contributed by atoms with Gasteiger partial charge in [-0.3, -0.25) is 9.10 Å². The molecule has 32 heavy (non-hydrogen) atoms. The van der Waals surface area contributed by atoms with Crippen molar-refractivity contribution in [3.8, 4) is 0 Å². The van der Waals surface area contributed by atoms with Crippen LogP contribution in [-0.4, -0.2) is 20.4 Å². The van der Waals surface area contributed by atoms with Crippen LogP contribution in [0.15, 0.2) is 77.7 Å². The number of fused-ring (bicyclic) bond motifs is 1. The van der Waals surface area contributed by atoms with E-state index in [0.29, 0.717) is 17.7 Å². The predicted octanol–water partition coefficient (Wildman–Crippen LogP) is 5.10. The zero-order valence-corrected chi connectivity index (χ0v) is 17.7. The zero-order valence-electron chi connectivity index (χ0n) is 16.9. The highest BCUT2D eigenvalue weighted by atomic mass is 32.2. The highest BCUT2D eigenvalue weighted by Crippen LogP contribution is 2.37. The van der Waals surface area contributed by atoms with E-state index in [9.17, 15) is 26.4 Å². The van der Waals surface area contributed by atoms with Crippen LogP contribution in [-0.2, 0) is 22.6 Å². The Kier molecular flexibility index (Phi) is 5.46. The van der Waals surface area contributed by atoms with Crippen molar-refractivity contribution in [1.82, 2.24) is 0 Å². The summed E-state index contributed by atoms with van der Waals surface area (Å²) >= 11 is 0. The number of alkyl halides is 3. The van der Waals surface area contributed by atoms with Gasteiger partial charge in [-0.05, 0) is 67.4 Å². The molecular formula is C23H19F3N2O3S. The van der Waals surface area contributed by atoms with Crippen molar-refractivity contribution in [2.45, 2.75) is 30.5 Å². The Bertz CT molecular complexity index is 1280. The number of rotatable bonds is 4. The van der Waals surface area contributed by atoms with Gasteiger partial charge < -0.3 is 5.32 Å². The van der Waals surface area contributed by atoms with E-state index in [1.165, 1.54) is 34.6 Å². The maximum atomic E-state index is 13.1. The fraction of sp³-hybridized carbons (Fsp3) is 0.174. The molecule has 9 heteroatoms. The Hall–Kier alpha value is -3.33. The Morgan fingerprint density at radius 2 is 1.72 bits per heavy atom. The maximum Gasteiger partial charge on any atom is 0.416 e. The summed E-state index contributed by atoms with van der Waals surface area (Å²) in [5, 5.41) is 2.47. The fourth-order valence-corrected chi connectivity index (χ4v) is 5.51. The van der Waals surface area contributed by atoms with Crippen LogP contribution in [0, 0.1) is 0 Å². The smallest absolute Gasteiger partial charge is 0.322 e. The van der Waals surface area contributed by atoms with Gasteiger partial charge in [-0.25, -0.2) is 8.42 Å². The van der Waals surface area contributed by atoms with Gasteiger partial charge >= 0.3 is 6.18 Å². The van der Waals surface area contributed by atoms with Gasteiger partial charge in [0, 0.05) is 17.3 Å². The minimum Gasteiger partial charge on any atom is -0.322 e. The molecule has 0 saturated carbocycles. The molecule has 1 atom stereocenters. The molecule has 5 nitrogen and oxygen atoms in total. The molecule has 3 aromatic carbocycles. The second-order valence-corrected chi connectivity index (χ2v) is 9.36. The monoisotopic (exact) mass is 460 g/mol. The lowest BCUT2D eigenvalue weighted by molar-refractivity contribution is -0.137. The highest BCUT2D eigenvalue weighted by Gasteiger charge is 2.36. The van der Waals surface area contributed by atoms with Crippen LogP contribution >= 0.6 is 0 Å². The van der Waals surface area contributed by atoms with E-state index in [1.54, 1.807) is 37.3 Å². The van der Waals surface area contributed by atoms with E-state index in [0.717, 1.165) is 12.1 Å². The molecule has 0 bridgehead atoms. The summed E-state index contributed by atoms with van der Waals surface area (Å²) in [5.41, 5.74) is 0.546. The van der Waals surface area contributed by atoms with E-state index in [1.807, 2.05) is 0 Å². The summed E-state index contributed by atoms with van der Waals surface area (Å²) in [7, 11) is -3.78. The summed E-state index contributed by atoms with van der Waals surface area (Å²) in [5.74, 6) is -0.579. The molecule has 1 aliphatic rings. The van der Waals surface area contributed by atoms with Crippen LogP contribution in [0.5, 0.6) is 0 Å². The van der Waals surface area contributed by atoms with Crippen LogP contribution in [0.1, 0.15) is 28.4 Å². The van der Waals surface area contributed by atoms with Gasteiger partial charge in [0.15, 0.2) is 0 Å². The average molecular weight is 460 g/mol. The van der Waals surface area contributed by atoms with E-state index in [4.69, 9.17) is 0 Å². The molecule has 1 N–H and O–H groups in total. The van der Waals surface area contributed by atoms with Gasteiger partial charge in [-0.2, -0.15) is 13.2 Å². The van der Waals surface area contributed by atoms with Crippen molar-refractivity contribution >= 4 is 27.3 Å². The average Bonchev–Trinajstić information content (AvgIpc) is 3.09. The number of sulfonamides is 1. The lowest BCUT2D eigenvalue weighted by Gasteiger charge is -2.24. The molecule has 4 rings (SSSR count). The number of nitrogens with zero attached hydrogens (tertiary/aromatic N) is 1. The van der Waals surface area contributed by atoms with Crippen LogP contribution < -0.4 is 9.62 Å². The molecule has 0 aliphatic carbocycles. The number of benzene rings is 3. The minimum absolute atomic E-state index is 0.0203.